The minimum atomic E-state index is -0.893. The van der Waals surface area contributed by atoms with Crippen LogP contribution in [0.15, 0.2) is 65.4 Å². The van der Waals surface area contributed by atoms with Crippen molar-refractivity contribution in [1.29, 1.82) is 0 Å². The summed E-state index contributed by atoms with van der Waals surface area (Å²) in [6.07, 6.45) is 5.28. The number of benzene rings is 2. The molecule has 0 spiro atoms. The van der Waals surface area contributed by atoms with Crippen molar-refractivity contribution in [2.24, 2.45) is 5.92 Å². The van der Waals surface area contributed by atoms with Crippen LogP contribution in [-0.4, -0.2) is 10.9 Å². The quantitative estimate of drug-likeness (QED) is 0.615. The van der Waals surface area contributed by atoms with Crippen molar-refractivity contribution in [2.45, 2.75) is 12.2 Å². The molecule has 2 atom stereocenters. The van der Waals surface area contributed by atoms with Gasteiger partial charge in [0, 0.05) is 10.9 Å². The fraction of sp³-hybridized carbons (Fsp3) is 0.143. The zero-order chi connectivity index (χ0) is 19.7. The molecule has 142 valence electrons. The van der Waals surface area contributed by atoms with Crippen LogP contribution in [0.25, 0.3) is 4.91 Å². The van der Waals surface area contributed by atoms with E-state index in [1.54, 1.807) is 36.4 Å². The van der Waals surface area contributed by atoms with E-state index in [0.29, 0.717) is 11.6 Å². The molecular formula is C21H16F2N2O2S. The average Bonchev–Trinajstić information content (AvgIpc) is 3.32. The SMILES string of the molecule is CC1C=C(c2ncco2)SC1c1ccc(NC(=O)c2c(F)cccc2F)cc1. The number of halogens is 2. The topological polar surface area (TPSA) is 55.1 Å². The van der Waals surface area contributed by atoms with Gasteiger partial charge in [-0.05, 0) is 35.7 Å². The van der Waals surface area contributed by atoms with Gasteiger partial charge in [0.2, 0.25) is 5.89 Å². The van der Waals surface area contributed by atoms with E-state index in [0.717, 1.165) is 22.6 Å². The number of rotatable bonds is 4. The Kier molecular flexibility index (Phi) is 5.00. The lowest BCUT2D eigenvalue weighted by Gasteiger charge is -2.16. The van der Waals surface area contributed by atoms with E-state index >= 15 is 0 Å². The molecule has 0 bridgehead atoms. The number of aromatic nitrogens is 1. The van der Waals surface area contributed by atoms with Gasteiger partial charge in [-0.1, -0.05) is 31.2 Å². The number of allylic oxidation sites excluding steroid dienone is 1. The van der Waals surface area contributed by atoms with Crippen LogP contribution in [0.2, 0.25) is 0 Å². The highest BCUT2D eigenvalue weighted by Crippen LogP contribution is 2.50. The fourth-order valence-electron chi connectivity index (χ4n) is 3.11. The van der Waals surface area contributed by atoms with Crippen molar-refractivity contribution < 1.29 is 18.0 Å². The van der Waals surface area contributed by atoms with E-state index in [1.165, 1.54) is 6.07 Å². The van der Waals surface area contributed by atoms with Gasteiger partial charge < -0.3 is 9.73 Å². The predicted octanol–water partition coefficient (Wildman–Crippen LogP) is 5.67. The summed E-state index contributed by atoms with van der Waals surface area (Å²) >= 11 is 1.67. The molecule has 1 aromatic heterocycles. The first-order valence-electron chi connectivity index (χ1n) is 8.66. The number of thioether (sulfide) groups is 1. The second-order valence-electron chi connectivity index (χ2n) is 6.44. The summed E-state index contributed by atoms with van der Waals surface area (Å²) < 4.78 is 32.9. The lowest BCUT2D eigenvalue weighted by Crippen LogP contribution is -2.15. The first-order valence-corrected chi connectivity index (χ1v) is 9.54. The van der Waals surface area contributed by atoms with Crippen LogP contribution >= 0.6 is 11.8 Å². The maximum atomic E-state index is 13.7. The molecule has 0 saturated carbocycles. The predicted molar refractivity (Wildman–Crippen MR) is 105 cm³/mol. The Labute approximate surface area is 164 Å². The molecule has 1 N–H and O–H groups in total. The molecule has 0 saturated heterocycles. The first-order chi connectivity index (χ1) is 13.5. The van der Waals surface area contributed by atoms with Gasteiger partial charge in [-0.2, -0.15) is 0 Å². The number of nitrogens with zero attached hydrogens (tertiary/aromatic N) is 1. The third kappa shape index (κ3) is 3.57. The summed E-state index contributed by atoms with van der Waals surface area (Å²) in [6.45, 7) is 2.12. The van der Waals surface area contributed by atoms with Gasteiger partial charge in [0.05, 0.1) is 11.1 Å². The normalized spacial score (nSPS) is 18.8. The molecule has 2 unspecified atom stereocenters. The highest BCUT2D eigenvalue weighted by Gasteiger charge is 2.29. The van der Waals surface area contributed by atoms with Crippen LogP contribution in [0, 0.1) is 17.6 Å². The van der Waals surface area contributed by atoms with E-state index in [4.69, 9.17) is 4.42 Å². The third-order valence-corrected chi connectivity index (χ3v) is 6.00. The van der Waals surface area contributed by atoms with Crippen LogP contribution < -0.4 is 5.32 Å². The van der Waals surface area contributed by atoms with Gasteiger partial charge in [0.25, 0.3) is 5.91 Å². The number of amides is 1. The fourth-order valence-corrected chi connectivity index (χ4v) is 4.47. The average molecular weight is 398 g/mol. The van der Waals surface area contributed by atoms with Crippen LogP contribution in [0.3, 0.4) is 0 Å². The molecule has 2 heterocycles. The Morgan fingerprint density at radius 3 is 2.50 bits per heavy atom. The number of anilines is 1. The van der Waals surface area contributed by atoms with Crippen LogP contribution in [-0.2, 0) is 0 Å². The minimum Gasteiger partial charge on any atom is -0.444 e. The molecule has 4 rings (SSSR count). The Hall–Kier alpha value is -2.93. The van der Waals surface area contributed by atoms with Gasteiger partial charge in [-0.15, -0.1) is 11.8 Å². The Morgan fingerprint density at radius 2 is 1.86 bits per heavy atom. The maximum absolute atomic E-state index is 13.7. The Bertz CT molecular complexity index is 1010. The minimum absolute atomic E-state index is 0.190. The van der Waals surface area contributed by atoms with Crippen molar-refractivity contribution >= 4 is 28.3 Å². The van der Waals surface area contributed by atoms with Gasteiger partial charge in [0.1, 0.15) is 23.5 Å². The van der Waals surface area contributed by atoms with E-state index in [1.807, 2.05) is 12.1 Å². The Balaban J connectivity index is 1.47. The van der Waals surface area contributed by atoms with E-state index in [-0.39, 0.29) is 11.2 Å². The molecule has 1 aliphatic rings. The van der Waals surface area contributed by atoms with Gasteiger partial charge >= 0.3 is 0 Å². The van der Waals surface area contributed by atoms with E-state index in [9.17, 15) is 13.6 Å². The Morgan fingerprint density at radius 1 is 1.14 bits per heavy atom. The van der Waals surface area contributed by atoms with Crippen LogP contribution in [0.5, 0.6) is 0 Å². The third-order valence-electron chi connectivity index (χ3n) is 4.48. The summed E-state index contributed by atoms with van der Waals surface area (Å²) in [6, 6.07) is 10.6. The lowest BCUT2D eigenvalue weighted by molar-refractivity contribution is 0.101. The van der Waals surface area contributed by atoms with Gasteiger partial charge in [-0.25, -0.2) is 13.8 Å². The van der Waals surface area contributed by atoms with E-state index in [2.05, 4.69) is 23.3 Å². The molecule has 28 heavy (non-hydrogen) atoms. The molecule has 7 heteroatoms. The van der Waals surface area contributed by atoms with Crippen LogP contribution in [0.4, 0.5) is 14.5 Å². The monoisotopic (exact) mass is 398 g/mol. The standard InChI is InChI=1S/C21H16F2N2O2S/c1-12-11-17(21-24-9-10-27-21)28-19(12)13-5-7-14(8-6-13)25-20(26)18-15(22)3-2-4-16(18)23/h2-12,19H,1H3,(H,25,26). The number of nitrogens with one attached hydrogen (secondary N) is 1. The summed E-state index contributed by atoms with van der Waals surface area (Å²) in [5.74, 6) is -1.72. The van der Waals surface area contributed by atoms with Gasteiger partial charge in [-0.3, -0.25) is 4.79 Å². The molecule has 1 aliphatic heterocycles. The summed E-state index contributed by atoms with van der Waals surface area (Å²) in [5, 5.41) is 2.73. The number of oxazole rings is 1. The number of carbonyl (C=O) groups is 1. The van der Waals surface area contributed by atoms with Crippen molar-refractivity contribution in [3.05, 3.63) is 89.7 Å². The second-order valence-corrected chi connectivity index (χ2v) is 7.62. The number of hydrogen-bond donors (Lipinski definition) is 1. The molecule has 0 radical (unpaired) electrons. The molecule has 4 nitrogen and oxygen atoms in total. The van der Waals surface area contributed by atoms with Crippen molar-refractivity contribution in [3.8, 4) is 0 Å². The maximum Gasteiger partial charge on any atom is 0.261 e. The smallest absolute Gasteiger partial charge is 0.261 e. The summed E-state index contributed by atoms with van der Waals surface area (Å²) in [5.41, 5.74) is 0.949. The summed E-state index contributed by atoms with van der Waals surface area (Å²) in [4.78, 5) is 17.4. The second kappa shape index (κ2) is 7.59. The molecule has 3 aromatic rings. The van der Waals surface area contributed by atoms with Crippen molar-refractivity contribution in [3.63, 3.8) is 0 Å². The van der Waals surface area contributed by atoms with Crippen molar-refractivity contribution in [2.75, 3.05) is 5.32 Å². The zero-order valence-corrected chi connectivity index (χ0v) is 15.7. The summed E-state index contributed by atoms with van der Waals surface area (Å²) in [7, 11) is 0. The largest absolute Gasteiger partial charge is 0.444 e. The zero-order valence-electron chi connectivity index (χ0n) is 14.9. The van der Waals surface area contributed by atoms with E-state index < -0.39 is 23.1 Å². The van der Waals surface area contributed by atoms with Crippen LogP contribution in [0.1, 0.15) is 34.0 Å². The van der Waals surface area contributed by atoms with Crippen molar-refractivity contribution in [1.82, 2.24) is 4.98 Å². The molecule has 0 aliphatic carbocycles. The number of carbonyl (C=O) groups excluding carboxylic acids is 1. The number of hydrogen-bond acceptors (Lipinski definition) is 4. The highest BCUT2D eigenvalue weighted by molar-refractivity contribution is 8.08. The first kappa shape index (κ1) is 18.4. The molecule has 0 fully saturated rings. The highest BCUT2D eigenvalue weighted by atomic mass is 32.2. The molecular weight excluding hydrogens is 382 g/mol. The van der Waals surface area contributed by atoms with Gasteiger partial charge in [0.15, 0.2) is 0 Å². The molecule has 2 aromatic carbocycles. The molecule has 1 amide bonds. The lowest BCUT2D eigenvalue weighted by atomic mass is 10.00.